The zero-order chi connectivity index (χ0) is 14.8. The lowest BCUT2D eigenvalue weighted by molar-refractivity contribution is 0.206. The van der Waals surface area contributed by atoms with Crippen LogP contribution in [0.15, 0.2) is 24.3 Å². The molecule has 1 N–H and O–H groups in total. The van der Waals surface area contributed by atoms with E-state index in [1.165, 1.54) is 43.4 Å². The highest BCUT2D eigenvalue weighted by Crippen LogP contribution is 2.48. The molecule has 0 spiro atoms. The summed E-state index contributed by atoms with van der Waals surface area (Å²) in [6.45, 7) is 4.54. The summed E-state index contributed by atoms with van der Waals surface area (Å²) in [5, 5.41) is 3.49. The molecule has 2 heteroatoms. The van der Waals surface area contributed by atoms with Crippen LogP contribution in [0, 0.1) is 24.7 Å². The lowest BCUT2D eigenvalue weighted by atomic mass is 9.88. The molecule has 2 saturated carbocycles. The van der Waals surface area contributed by atoms with Crippen LogP contribution in [0.2, 0.25) is 0 Å². The van der Waals surface area contributed by atoms with Crippen molar-refractivity contribution in [1.82, 2.24) is 10.2 Å². The fourth-order valence-electron chi connectivity index (χ4n) is 4.55. The first kappa shape index (κ1) is 15.1. The minimum Gasteiger partial charge on any atom is -0.312 e. The quantitative estimate of drug-likeness (QED) is 0.859. The van der Waals surface area contributed by atoms with Crippen molar-refractivity contribution in [3.8, 4) is 0 Å². The van der Waals surface area contributed by atoms with Gasteiger partial charge in [-0.3, -0.25) is 0 Å². The van der Waals surface area contributed by atoms with Crippen molar-refractivity contribution >= 4 is 0 Å². The van der Waals surface area contributed by atoms with Crippen molar-refractivity contribution in [2.45, 2.75) is 38.6 Å². The van der Waals surface area contributed by atoms with Gasteiger partial charge < -0.3 is 10.2 Å². The van der Waals surface area contributed by atoms with Gasteiger partial charge in [-0.05, 0) is 63.6 Å². The first-order valence-corrected chi connectivity index (χ1v) is 8.58. The van der Waals surface area contributed by atoms with E-state index in [1.807, 2.05) is 0 Å². The lowest BCUT2D eigenvalue weighted by Gasteiger charge is -2.30. The lowest BCUT2D eigenvalue weighted by Crippen LogP contribution is -2.35. The van der Waals surface area contributed by atoms with E-state index in [0.717, 1.165) is 24.3 Å². The molecule has 0 amide bonds. The Morgan fingerprint density at radius 3 is 2.52 bits per heavy atom. The average Bonchev–Trinajstić information content (AvgIpc) is 3.08. The third-order valence-corrected chi connectivity index (χ3v) is 5.75. The van der Waals surface area contributed by atoms with Crippen molar-refractivity contribution < 1.29 is 0 Å². The Kier molecular flexibility index (Phi) is 4.66. The molecule has 0 radical (unpaired) electrons. The van der Waals surface area contributed by atoms with Crippen LogP contribution in [0.5, 0.6) is 0 Å². The van der Waals surface area contributed by atoms with Gasteiger partial charge in [-0.2, -0.15) is 0 Å². The molecule has 2 aliphatic carbocycles. The normalized spacial score (nSPS) is 29.2. The maximum absolute atomic E-state index is 3.49. The number of benzene rings is 1. The molecule has 0 heterocycles. The van der Waals surface area contributed by atoms with E-state index < -0.39 is 0 Å². The molecule has 2 aliphatic rings. The smallest absolute Gasteiger partial charge is 0.0446 e. The van der Waals surface area contributed by atoms with E-state index in [2.05, 4.69) is 55.5 Å². The van der Waals surface area contributed by atoms with Crippen molar-refractivity contribution in [3.05, 3.63) is 35.4 Å². The SMILES string of the molecule is CNC(CN(C)CC1CC2CCC1C2)c1ccc(C)cc1. The second kappa shape index (κ2) is 6.50. The van der Waals surface area contributed by atoms with Crippen LogP contribution in [-0.4, -0.2) is 32.1 Å². The van der Waals surface area contributed by atoms with E-state index in [9.17, 15) is 0 Å². The van der Waals surface area contributed by atoms with Gasteiger partial charge in [-0.1, -0.05) is 36.2 Å². The number of fused-ring (bicyclic) bond motifs is 2. The fourth-order valence-corrected chi connectivity index (χ4v) is 4.55. The second-order valence-corrected chi connectivity index (χ2v) is 7.41. The molecule has 2 nitrogen and oxygen atoms in total. The zero-order valence-corrected chi connectivity index (χ0v) is 13.8. The van der Waals surface area contributed by atoms with E-state index >= 15 is 0 Å². The number of likely N-dealkylation sites (N-methyl/N-ethyl adjacent to an activating group) is 2. The molecule has 2 fully saturated rings. The van der Waals surface area contributed by atoms with Crippen molar-refractivity contribution in [1.29, 1.82) is 0 Å². The monoisotopic (exact) mass is 286 g/mol. The average molecular weight is 286 g/mol. The molecule has 116 valence electrons. The van der Waals surface area contributed by atoms with Gasteiger partial charge in [0.2, 0.25) is 0 Å². The predicted octanol–water partition coefficient (Wildman–Crippen LogP) is 3.62. The molecule has 0 aliphatic heterocycles. The highest BCUT2D eigenvalue weighted by atomic mass is 15.1. The molecule has 1 aromatic carbocycles. The Morgan fingerprint density at radius 2 is 1.95 bits per heavy atom. The van der Waals surface area contributed by atoms with Gasteiger partial charge in [0.1, 0.15) is 0 Å². The van der Waals surface area contributed by atoms with Crippen LogP contribution in [0.3, 0.4) is 0 Å². The third-order valence-electron chi connectivity index (χ3n) is 5.75. The van der Waals surface area contributed by atoms with E-state index in [-0.39, 0.29) is 0 Å². The highest BCUT2D eigenvalue weighted by Gasteiger charge is 2.39. The number of hydrogen-bond acceptors (Lipinski definition) is 2. The van der Waals surface area contributed by atoms with Gasteiger partial charge in [-0.25, -0.2) is 0 Å². The minimum absolute atomic E-state index is 0.439. The second-order valence-electron chi connectivity index (χ2n) is 7.41. The standard InChI is InChI=1S/C19H30N2/c1-14-4-7-16(8-5-14)19(20-2)13-21(3)12-18-11-15-6-9-17(18)10-15/h4-5,7-8,15,17-20H,6,9-13H2,1-3H3. The minimum atomic E-state index is 0.439. The van der Waals surface area contributed by atoms with Crippen LogP contribution in [0.4, 0.5) is 0 Å². The Balaban J connectivity index is 1.55. The number of hydrogen-bond donors (Lipinski definition) is 1. The predicted molar refractivity (Wildman–Crippen MR) is 89.4 cm³/mol. The van der Waals surface area contributed by atoms with E-state index in [4.69, 9.17) is 0 Å². The van der Waals surface area contributed by atoms with Gasteiger partial charge in [0.15, 0.2) is 0 Å². The van der Waals surface area contributed by atoms with Crippen LogP contribution in [0.1, 0.15) is 42.9 Å². The summed E-state index contributed by atoms with van der Waals surface area (Å²) >= 11 is 0. The Hall–Kier alpha value is -0.860. The van der Waals surface area contributed by atoms with Gasteiger partial charge >= 0.3 is 0 Å². The molecular weight excluding hydrogens is 256 g/mol. The van der Waals surface area contributed by atoms with Gasteiger partial charge in [0.25, 0.3) is 0 Å². The molecule has 1 aromatic rings. The molecular formula is C19H30N2. The number of rotatable bonds is 6. The summed E-state index contributed by atoms with van der Waals surface area (Å²) in [5.41, 5.74) is 2.74. The van der Waals surface area contributed by atoms with Crippen molar-refractivity contribution in [3.63, 3.8) is 0 Å². The van der Waals surface area contributed by atoms with Gasteiger partial charge in [-0.15, -0.1) is 0 Å². The van der Waals surface area contributed by atoms with Crippen LogP contribution >= 0.6 is 0 Å². The third kappa shape index (κ3) is 3.49. The molecule has 21 heavy (non-hydrogen) atoms. The van der Waals surface area contributed by atoms with Crippen molar-refractivity contribution in [2.24, 2.45) is 17.8 Å². The van der Waals surface area contributed by atoms with Gasteiger partial charge in [0.05, 0.1) is 0 Å². The van der Waals surface area contributed by atoms with Crippen LogP contribution < -0.4 is 5.32 Å². The van der Waals surface area contributed by atoms with Crippen molar-refractivity contribution in [2.75, 3.05) is 27.2 Å². The molecule has 4 unspecified atom stereocenters. The summed E-state index contributed by atoms with van der Waals surface area (Å²) in [6.07, 6.45) is 6.01. The maximum atomic E-state index is 3.49. The maximum Gasteiger partial charge on any atom is 0.0446 e. The van der Waals surface area contributed by atoms with E-state index in [0.29, 0.717) is 6.04 Å². The zero-order valence-electron chi connectivity index (χ0n) is 13.8. The first-order chi connectivity index (χ1) is 10.2. The molecule has 3 rings (SSSR count). The first-order valence-electron chi connectivity index (χ1n) is 8.58. The highest BCUT2D eigenvalue weighted by molar-refractivity contribution is 5.24. The van der Waals surface area contributed by atoms with Gasteiger partial charge in [0, 0.05) is 19.1 Å². The van der Waals surface area contributed by atoms with E-state index in [1.54, 1.807) is 0 Å². The largest absolute Gasteiger partial charge is 0.312 e. The summed E-state index contributed by atoms with van der Waals surface area (Å²) in [5.74, 6) is 3.06. The summed E-state index contributed by atoms with van der Waals surface area (Å²) in [7, 11) is 4.38. The molecule has 0 saturated heterocycles. The van der Waals surface area contributed by atoms with Crippen LogP contribution in [-0.2, 0) is 0 Å². The topological polar surface area (TPSA) is 15.3 Å². The molecule has 2 bridgehead atoms. The summed E-state index contributed by atoms with van der Waals surface area (Å²) in [6, 6.07) is 9.41. The Labute approximate surface area is 129 Å². The number of nitrogens with one attached hydrogen (secondary N) is 1. The Bertz CT molecular complexity index is 453. The number of nitrogens with zero attached hydrogens (tertiary/aromatic N) is 1. The summed E-state index contributed by atoms with van der Waals surface area (Å²) in [4.78, 5) is 2.55. The Morgan fingerprint density at radius 1 is 1.19 bits per heavy atom. The number of aryl methyl sites for hydroxylation is 1. The fraction of sp³-hybridized carbons (Fsp3) is 0.684. The van der Waals surface area contributed by atoms with Crippen LogP contribution in [0.25, 0.3) is 0 Å². The molecule has 4 atom stereocenters. The molecule has 0 aromatic heterocycles. The summed E-state index contributed by atoms with van der Waals surface area (Å²) < 4.78 is 0.